The molecular weight excluding hydrogens is 288 g/mol. The second-order valence-electron chi connectivity index (χ2n) is 4.50. The zero-order valence-corrected chi connectivity index (χ0v) is 13.1. The van der Waals surface area contributed by atoms with Gasteiger partial charge in [-0.1, -0.05) is 30.0 Å². The summed E-state index contributed by atoms with van der Waals surface area (Å²) in [5.41, 5.74) is 1.80. The Morgan fingerprint density at radius 1 is 1.38 bits per heavy atom. The highest BCUT2D eigenvalue weighted by Gasteiger charge is 2.10. The van der Waals surface area contributed by atoms with Crippen molar-refractivity contribution >= 4 is 17.7 Å². The number of rotatable bonds is 6. The average molecular weight is 306 g/mol. The molecule has 1 heterocycles. The van der Waals surface area contributed by atoms with Crippen molar-refractivity contribution in [2.45, 2.75) is 25.6 Å². The van der Waals surface area contributed by atoms with E-state index in [2.05, 4.69) is 10.3 Å². The summed E-state index contributed by atoms with van der Waals surface area (Å²) in [7, 11) is 1.61. The summed E-state index contributed by atoms with van der Waals surface area (Å²) in [6.45, 7) is 4.17. The van der Waals surface area contributed by atoms with Crippen LogP contribution in [-0.2, 0) is 11.3 Å². The highest BCUT2D eigenvalue weighted by Crippen LogP contribution is 2.20. The zero-order chi connectivity index (χ0) is 15.2. The summed E-state index contributed by atoms with van der Waals surface area (Å²) in [6, 6.07) is 7.60. The van der Waals surface area contributed by atoms with Gasteiger partial charge in [-0.2, -0.15) is 0 Å². The van der Waals surface area contributed by atoms with Gasteiger partial charge in [-0.15, -0.1) is 0 Å². The van der Waals surface area contributed by atoms with Gasteiger partial charge in [-0.05, 0) is 19.9 Å². The molecule has 1 aromatic carbocycles. The van der Waals surface area contributed by atoms with Crippen molar-refractivity contribution < 1.29 is 13.9 Å². The van der Waals surface area contributed by atoms with E-state index in [1.54, 1.807) is 7.11 Å². The van der Waals surface area contributed by atoms with Gasteiger partial charge in [0.15, 0.2) is 0 Å². The Hall–Kier alpha value is -1.95. The fourth-order valence-corrected chi connectivity index (χ4v) is 2.47. The number of para-hydroxylation sites is 1. The molecule has 0 atom stereocenters. The molecular formula is C15H18N2O3S. The molecule has 2 aromatic rings. The number of nitrogens with one attached hydrogen (secondary N) is 1. The predicted molar refractivity (Wildman–Crippen MR) is 81.5 cm³/mol. The molecule has 0 saturated carbocycles. The Kier molecular flexibility index (Phi) is 5.27. The number of thioether (sulfide) groups is 1. The average Bonchev–Trinajstić information content (AvgIpc) is 2.82. The molecule has 0 aliphatic carbocycles. The summed E-state index contributed by atoms with van der Waals surface area (Å²) >= 11 is 1.29. The normalized spacial score (nSPS) is 10.4. The number of oxazole rings is 1. The van der Waals surface area contributed by atoms with Crippen LogP contribution < -0.4 is 10.1 Å². The smallest absolute Gasteiger partial charge is 0.256 e. The second-order valence-corrected chi connectivity index (χ2v) is 5.43. The number of ether oxygens (including phenoxy) is 1. The van der Waals surface area contributed by atoms with Gasteiger partial charge >= 0.3 is 0 Å². The van der Waals surface area contributed by atoms with Gasteiger partial charge in [0.1, 0.15) is 11.5 Å². The van der Waals surface area contributed by atoms with Crippen molar-refractivity contribution in [3.8, 4) is 5.75 Å². The van der Waals surface area contributed by atoms with E-state index in [9.17, 15) is 4.79 Å². The van der Waals surface area contributed by atoms with Crippen LogP contribution >= 0.6 is 11.8 Å². The first kappa shape index (κ1) is 15.4. The van der Waals surface area contributed by atoms with Crippen LogP contribution in [0.3, 0.4) is 0 Å². The van der Waals surface area contributed by atoms with Crippen LogP contribution in [-0.4, -0.2) is 23.8 Å². The van der Waals surface area contributed by atoms with Crippen molar-refractivity contribution in [3.63, 3.8) is 0 Å². The summed E-state index contributed by atoms with van der Waals surface area (Å²) in [5.74, 6) is 1.75. The monoisotopic (exact) mass is 306 g/mol. The molecule has 2 rings (SSSR count). The molecule has 1 N–H and O–H groups in total. The molecule has 1 amide bonds. The van der Waals surface area contributed by atoms with Crippen molar-refractivity contribution in [2.24, 2.45) is 0 Å². The fraction of sp³-hybridized carbons (Fsp3) is 0.333. The topological polar surface area (TPSA) is 64.4 Å². The van der Waals surface area contributed by atoms with Gasteiger partial charge in [-0.3, -0.25) is 4.79 Å². The van der Waals surface area contributed by atoms with Crippen LogP contribution in [0.5, 0.6) is 5.75 Å². The first-order valence-electron chi connectivity index (χ1n) is 6.55. The lowest BCUT2D eigenvalue weighted by Crippen LogP contribution is -2.24. The number of hydrogen-bond donors (Lipinski definition) is 1. The predicted octanol–water partition coefficient (Wildman–Crippen LogP) is 2.71. The Labute approximate surface area is 128 Å². The van der Waals surface area contributed by atoms with E-state index in [-0.39, 0.29) is 11.7 Å². The zero-order valence-electron chi connectivity index (χ0n) is 12.3. The number of aromatic nitrogens is 1. The van der Waals surface area contributed by atoms with Gasteiger partial charge in [0.25, 0.3) is 5.22 Å². The van der Waals surface area contributed by atoms with Crippen molar-refractivity contribution in [1.82, 2.24) is 10.3 Å². The standard InChI is InChI=1S/C15H18N2O3S/c1-10-11(2)20-15(17-10)21-9-14(18)16-8-12-6-4-5-7-13(12)19-3/h4-7H,8-9H2,1-3H3,(H,16,18). The molecule has 0 saturated heterocycles. The molecule has 0 bridgehead atoms. The third-order valence-electron chi connectivity index (χ3n) is 3.00. The molecule has 0 aliphatic heterocycles. The number of hydrogen-bond acceptors (Lipinski definition) is 5. The number of nitrogens with zero attached hydrogens (tertiary/aromatic N) is 1. The van der Waals surface area contributed by atoms with E-state index in [1.807, 2.05) is 38.1 Å². The van der Waals surface area contributed by atoms with E-state index in [0.29, 0.717) is 11.8 Å². The minimum atomic E-state index is -0.0700. The maximum Gasteiger partial charge on any atom is 0.256 e. The van der Waals surface area contributed by atoms with E-state index < -0.39 is 0 Å². The lowest BCUT2D eigenvalue weighted by molar-refractivity contribution is -0.118. The molecule has 0 radical (unpaired) electrons. The fourth-order valence-electron chi connectivity index (χ4n) is 1.73. The number of methoxy groups -OCH3 is 1. The SMILES string of the molecule is COc1ccccc1CNC(=O)CSc1nc(C)c(C)o1. The number of aryl methyl sites for hydroxylation is 2. The van der Waals surface area contributed by atoms with Gasteiger partial charge in [0, 0.05) is 12.1 Å². The quantitative estimate of drug-likeness (QED) is 0.831. The minimum Gasteiger partial charge on any atom is -0.496 e. The maximum atomic E-state index is 11.8. The molecule has 112 valence electrons. The lowest BCUT2D eigenvalue weighted by Gasteiger charge is -2.08. The summed E-state index contributed by atoms with van der Waals surface area (Å²) in [6.07, 6.45) is 0. The molecule has 0 unspecified atom stereocenters. The van der Waals surface area contributed by atoms with Crippen LogP contribution in [0.25, 0.3) is 0 Å². The first-order chi connectivity index (χ1) is 10.1. The summed E-state index contributed by atoms with van der Waals surface area (Å²) in [4.78, 5) is 16.1. The first-order valence-corrected chi connectivity index (χ1v) is 7.54. The number of carbonyl (C=O) groups is 1. The van der Waals surface area contributed by atoms with Crippen LogP contribution in [0, 0.1) is 13.8 Å². The minimum absolute atomic E-state index is 0.0700. The molecule has 6 heteroatoms. The largest absolute Gasteiger partial charge is 0.496 e. The second kappa shape index (κ2) is 7.17. The Morgan fingerprint density at radius 2 is 2.14 bits per heavy atom. The van der Waals surface area contributed by atoms with Crippen molar-refractivity contribution in [2.75, 3.05) is 12.9 Å². The highest BCUT2D eigenvalue weighted by molar-refractivity contribution is 7.99. The number of amides is 1. The van der Waals surface area contributed by atoms with E-state index in [4.69, 9.17) is 9.15 Å². The van der Waals surface area contributed by atoms with E-state index in [0.717, 1.165) is 22.8 Å². The van der Waals surface area contributed by atoms with Crippen LogP contribution in [0.15, 0.2) is 33.9 Å². The van der Waals surface area contributed by atoms with Gasteiger partial charge in [0.2, 0.25) is 5.91 Å². The van der Waals surface area contributed by atoms with E-state index >= 15 is 0 Å². The maximum absolute atomic E-state index is 11.8. The molecule has 5 nitrogen and oxygen atoms in total. The Bertz CT molecular complexity index is 606. The van der Waals surface area contributed by atoms with Gasteiger partial charge in [-0.25, -0.2) is 4.98 Å². The molecule has 0 aliphatic rings. The third kappa shape index (κ3) is 4.26. The van der Waals surface area contributed by atoms with Crippen LogP contribution in [0.4, 0.5) is 0 Å². The lowest BCUT2D eigenvalue weighted by atomic mass is 10.2. The summed E-state index contributed by atoms with van der Waals surface area (Å²) in [5, 5.41) is 3.38. The van der Waals surface area contributed by atoms with Gasteiger partial charge in [0.05, 0.1) is 18.6 Å². The highest BCUT2D eigenvalue weighted by atomic mass is 32.2. The Morgan fingerprint density at radius 3 is 2.81 bits per heavy atom. The van der Waals surface area contributed by atoms with Crippen molar-refractivity contribution in [1.29, 1.82) is 0 Å². The molecule has 1 aromatic heterocycles. The third-order valence-corrected chi connectivity index (χ3v) is 3.83. The molecule has 0 spiro atoms. The van der Waals surface area contributed by atoms with Gasteiger partial charge < -0.3 is 14.5 Å². The van der Waals surface area contributed by atoms with Crippen molar-refractivity contribution in [3.05, 3.63) is 41.3 Å². The molecule has 0 fully saturated rings. The van der Waals surface area contributed by atoms with Crippen LogP contribution in [0.1, 0.15) is 17.0 Å². The number of carbonyl (C=O) groups excluding carboxylic acids is 1. The number of benzene rings is 1. The Balaban J connectivity index is 1.82. The summed E-state index contributed by atoms with van der Waals surface area (Å²) < 4.78 is 10.7. The molecule has 21 heavy (non-hydrogen) atoms. The van der Waals surface area contributed by atoms with Crippen LogP contribution in [0.2, 0.25) is 0 Å². The van der Waals surface area contributed by atoms with E-state index in [1.165, 1.54) is 11.8 Å².